The van der Waals surface area contributed by atoms with Crippen LogP contribution in [0.3, 0.4) is 0 Å². The summed E-state index contributed by atoms with van der Waals surface area (Å²) in [5, 5.41) is 3.10. The molecule has 0 aromatic heterocycles. The first-order valence-electron chi connectivity index (χ1n) is 7.95. The summed E-state index contributed by atoms with van der Waals surface area (Å²) in [4.78, 5) is 14.1. The third-order valence-corrected chi connectivity index (χ3v) is 4.17. The zero-order chi connectivity index (χ0) is 19.6. The Balaban J connectivity index is 1.90. The average Bonchev–Trinajstić information content (AvgIpc) is 2.89. The molecule has 1 heterocycles. The molecule has 0 bridgehead atoms. The summed E-state index contributed by atoms with van der Waals surface area (Å²) in [5.74, 6) is -0.291. The molecule has 140 valence electrons. The Morgan fingerprint density at radius 2 is 1.85 bits per heavy atom. The van der Waals surface area contributed by atoms with Crippen LogP contribution >= 0.6 is 12.2 Å². The highest BCUT2D eigenvalue weighted by molar-refractivity contribution is 7.80. The maximum atomic E-state index is 12.7. The van der Waals surface area contributed by atoms with Crippen LogP contribution in [0.5, 0.6) is 11.5 Å². The molecule has 2 aromatic carbocycles. The molecule has 1 saturated heterocycles. The topological polar surface area (TPSA) is 50.8 Å². The van der Waals surface area contributed by atoms with Crippen molar-refractivity contribution in [3.63, 3.8) is 0 Å². The number of alkyl halides is 2. The molecule has 3 rings (SSSR count). The van der Waals surface area contributed by atoms with Gasteiger partial charge in [0.05, 0.1) is 12.8 Å². The number of hydrogen-bond donors (Lipinski definition) is 1. The first kappa shape index (κ1) is 18.8. The van der Waals surface area contributed by atoms with Gasteiger partial charge in [0.15, 0.2) is 16.6 Å². The Bertz CT molecular complexity index is 914. The van der Waals surface area contributed by atoms with Crippen LogP contribution in [0.25, 0.3) is 6.08 Å². The number of ether oxygens (including phenoxy) is 2. The van der Waals surface area contributed by atoms with Gasteiger partial charge in [-0.15, -0.1) is 0 Å². The first-order chi connectivity index (χ1) is 12.9. The van der Waals surface area contributed by atoms with E-state index in [1.54, 1.807) is 18.2 Å². The summed E-state index contributed by atoms with van der Waals surface area (Å²) in [7, 11) is 1.35. The fourth-order valence-corrected chi connectivity index (χ4v) is 2.90. The quantitative estimate of drug-likeness (QED) is 0.621. The molecule has 1 N–H and O–H groups in total. The normalized spacial score (nSPS) is 15.4. The maximum Gasteiger partial charge on any atom is 0.387 e. The van der Waals surface area contributed by atoms with E-state index in [1.165, 1.54) is 30.2 Å². The highest BCUT2D eigenvalue weighted by Crippen LogP contribution is 2.31. The van der Waals surface area contributed by atoms with Gasteiger partial charge in [-0.05, 0) is 55.0 Å². The van der Waals surface area contributed by atoms with Crippen molar-refractivity contribution < 1.29 is 23.0 Å². The van der Waals surface area contributed by atoms with Gasteiger partial charge in [-0.3, -0.25) is 9.69 Å². The number of halogens is 2. The third kappa shape index (κ3) is 4.06. The maximum absolute atomic E-state index is 12.7. The first-order valence-corrected chi connectivity index (χ1v) is 8.36. The molecule has 0 radical (unpaired) electrons. The van der Waals surface area contributed by atoms with Gasteiger partial charge in [0.1, 0.15) is 5.70 Å². The van der Waals surface area contributed by atoms with Gasteiger partial charge in [-0.2, -0.15) is 8.78 Å². The van der Waals surface area contributed by atoms with Crippen molar-refractivity contribution in [2.75, 3.05) is 12.0 Å². The molecule has 0 saturated carbocycles. The van der Waals surface area contributed by atoms with E-state index in [-0.39, 0.29) is 28.2 Å². The number of thiocarbonyl (C=S) groups is 1. The number of anilines is 1. The van der Waals surface area contributed by atoms with Crippen LogP contribution in [0.2, 0.25) is 0 Å². The number of nitrogens with zero attached hydrogens (tertiary/aromatic N) is 1. The minimum Gasteiger partial charge on any atom is -0.493 e. The molecule has 0 spiro atoms. The smallest absolute Gasteiger partial charge is 0.387 e. The van der Waals surface area contributed by atoms with E-state index in [4.69, 9.17) is 17.0 Å². The number of amides is 1. The van der Waals surface area contributed by atoms with Crippen LogP contribution in [0, 0.1) is 6.92 Å². The van der Waals surface area contributed by atoms with E-state index < -0.39 is 6.61 Å². The summed E-state index contributed by atoms with van der Waals surface area (Å²) in [6.45, 7) is -1.04. The van der Waals surface area contributed by atoms with Crippen LogP contribution < -0.4 is 19.7 Å². The molecule has 8 heteroatoms. The second-order valence-corrected chi connectivity index (χ2v) is 6.14. The molecule has 1 aliphatic heterocycles. The van der Waals surface area contributed by atoms with Crippen molar-refractivity contribution in [3.8, 4) is 11.5 Å². The summed E-state index contributed by atoms with van der Waals surface area (Å²) in [6, 6.07) is 11.8. The zero-order valence-electron chi connectivity index (χ0n) is 14.5. The fraction of sp³-hybridized carbons (Fsp3) is 0.158. The lowest BCUT2D eigenvalue weighted by Crippen LogP contribution is -2.30. The van der Waals surface area contributed by atoms with Crippen LogP contribution in [0.15, 0.2) is 48.2 Å². The fourth-order valence-electron chi connectivity index (χ4n) is 2.60. The molecular weight excluding hydrogens is 374 g/mol. The predicted octanol–water partition coefficient (Wildman–Crippen LogP) is 3.87. The number of carbonyl (C=O) groups is 1. The summed E-state index contributed by atoms with van der Waals surface area (Å²) in [6.07, 6.45) is 1.51. The van der Waals surface area contributed by atoms with Crippen LogP contribution in [-0.2, 0) is 4.79 Å². The lowest BCUT2D eigenvalue weighted by Gasteiger charge is -2.14. The Kier molecular flexibility index (Phi) is 5.36. The molecule has 5 nitrogen and oxygen atoms in total. The third-order valence-electron chi connectivity index (χ3n) is 3.89. The number of methoxy groups -OCH3 is 1. The van der Waals surface area contributed by atoms with E-state index in [0.717, 1.165) is 5.56 Å². The highest BCUT2D eigenvalue weighted by atomic mass is 32.1. The molecule has 2 aromatic rings. The lowest BCUT2D eigenvalue weighted by molar-refractivity contribution is -0.113. The van der Waals surface area contributed by atoms with Crippen molar-refractivity contribution >= 4 is 35.0 Å². The van der Waals surface area contributed by atoms with Crippen molar-refractivity contribution in [3.05, 3.63) is 59.3 Å². The van der Waals surface area contributed by atoms with Gasteiger partial charge in [-0.1, -0.05) is 23.8 Å². The van der Waals surface area contributed by atoms with Gasteiger partial charge in [0.25, 0.3) is 5.91 Å². The van der Waals surface area contributed by atoms with Crippen LogP contribution in [-0.4, -0.2) is 24.7 Å². The highest BCUT2D eigenvalue weighted by Gasteiger charge is 2.31. The SMILES string of the molecule is COc1ccc(/C=C2\NC(=S)N(c3ccc(C)cc3)C2=O)cc1OC(F)F. The summed E-state index contributed by atoms with van der Waals surface area (Å²) >= 11 is 5.26. The van der Waals surface area contributed by atoms with E-state index in [0.29, 0.717) is 11.3 Å². The van der Waals surface area contributed by atoms with Crippen molar-refractivity contribution in [2.45, 2.75) is 13.5 Å². The number of aryl methyl sites for hydroxylation is 1. The lowest BCUT2D eigenvalue weighted by atomic mass is 10.1. The zero-order valence-corrected chi connectivity index (χ0v) is 15.3. The van der Waals surface area contributed by atoms with Crippen molar-refractivity contribution in [1.29, 1.82) is 0 Å². The molecule has 1 amide bonds. The molecule has 0 unspecified atom stereocenters. The van der Waals surface area contributed by atoms with Gasteiger partial charge in [0.2, 0.25) is 0 Å². The van der Waals surface area contributed by atoms with Gasteiger partial charge in [-0.25, -0.2) is 0 Å². The monoisotopic (exact) mass is 390 g/mol. The van der Waals surface area contributed by atoms with E-state index in [1.807, 2.05) is 19.1 Å². The van der Waals surface area contributed by atoms with Crippen molar-refractivity contribution in [1.82, 2.24) is 5.32 Å². The van der Waals surface area contributed by atoms with Gasteiger partial charge in [0, 0.05) is 0 Å². The minimum absolute atomic E-state index is 0.120. The van der Waals surface area contributed by atoms with E-state index in [9.17, 15) is 13.6 Å². The number of rotatable bonds is 5. The number of hydrogen-bond acceptors (Lipinski definition) is 4. The second kappa shape index (κ2) is 7.71. The predicted molar refractivity (Wildman–Crippen MR) is 102 cm³/mol. The van der Waals surface area contributed by atoms with Crippen LogP contribution in [0.4, 0.5) is 14.5 Å². The van der Waals surface area contributed by atoms with E-state index >= 15 is 0 Å². The number of carbonyl (C=O) groups excluding carboxylic acids is 1. The number of benzene rings is 2. The molecule has 1 fully saturated rings. The molecular formula is C19H16F2N2O3S. The van der Waals surface area contributed by atoms with Gasteiger partial charge >= 0.3 is 6.61 Å². The average molecular weight is 390 g/mol. The standard InChI is InChI=1S/C19H16F2N2O3S/c1-11-3-6-13(7-4-11)23-17(24)14(22-19(23)27)9-12-5-8-15(25-2)16(10-12)26-18(20)21/h3-10,18H,1-2H3,(H,22,27)/b14-9-. The molecule has 0 atom stereocenters. The molecule has 1 aliphatic rings. The van der Waals surface area contributed by atoms with Crippen molar-refractivity contribution in [2.24, 2.45) is 0 Å². The largest absolute Gasteiger partial charge is 0.493 e. The molecule has 27 heavy (non-hydrogen) atoms. The minimum atomic E-state index is -2.99. The summed E-state index contributed by atoms with van der Waals surface area (Å²) < 4.78 is 34.6. The Hall–Kier alpha value is -3.00. The Labute approximate surface area is 160 Å². The second-order valence-electron chi connectivity index (χ2n) is 5.75. The Morgan fingerprint density at radius 1 is 1.15 bits per heavy atom. The van der Waals surface area contributed by atoms with Gasteiger partial charge < -0.3 is 14.8 Å². The summed E-state index contributed by atoms with van der Waals surface area (Å²) in [5.41, 5.74) is 2.41. The van der Waals surface area contributed by atoms with Crippen LogP contribution in [0.1, 0.15) is 11.1 Å². The Morgan fingerprint density at radius 3 is 2.48 bits per heavy atom. The number of nitrogens with one attached hydrogen (secondary N) is 1. The molecule has 0 aliphatic carbocycles. The van der Waals surface area contributed by atoms with E-state index in [2.05, 4.69) is 10.1 Å².